The SMILES string of the molecule is CCCCC(CC)c1ccc([P+]([O-])=NO)cc1. The Labute approximate surface area is 104 Å². The molecule has 1 aromatic rings. The Morgan fingerprint density at radius 3 is 2.41 bits per heavy atom. The van der Waals surface area contributed by atoms with Gasteiger partial charge in [-0.3, -0.25) is 0 Å². The molecule has 3 nitrogen and oxygen atoms in total. The smallest absolute Gasteiger partial charge is 0.240 e. The third-order valence-corrected chi connectivity index (χ3v) is 3.97. The van der Waals surface area contributed by atoms with Gasteiger partial charge >= 0.3 is 0 Å². The summed E-state index contributed by atoms with van der Waals surface area (Å²) in [6.07, 6.45) is 4.77. The zero-order chi connectivity index (χ0) is 12.7. The van der Waals surface area contributed by atoms with Crippen molar-refractivity contribution in [2.24, 2.45) is 4.91 Å². The van der Waals surface area contributed by atoms with Gasteiger partial charge in [0.1, 0.15) is 0 Å². The molecule has 0 saturated heterocycles. The van der Waals surface area contributed by atoms with Crippen molar-refractivity contribution in [3.05, 3.63) is 29.8 Å². The maximum atomic E-state index is 11.3. The molecule has 0 saturated carbocycles. The van der Waals surface area contributed by atoms with Gasteiger partial charge in [0.2, 0.25) is 7.94 Å². The van der Waals surface area contributed by atoms with Gasteiger partial charge in [0, 0.05) is 0 Å². The molecule has 0 aliphatic heterocycles. The van der Waals surface area contributed by atoms with E-state index < -0.39 is 7.94 Å². The van der Waals surface area contributed by atoms with Crippen molar-refractivity contribution in [3.8, 4) is 0 Å². The number of unbranched alkanes of at least 4 members (excludes halogenated alkanes) is 1. The molecule has 0 heterocycles. The van der Waals surface area contributed by atoms with E-state index in [0.29, 0.717) is 11.2 Å². The standard InChI is InChI=1S/C13H20NO2P/c1-3-5-6-11(4-2)12-7-9-13(10-8-12)17(16)14-15/h7-11,15H,3-6H2,1-2H3. The van der Waals surface area contributed by atoms with Crippen LogP contribution in [0.2, 0.25) is 0 Å². The average molecular weight is 253 g/mol. The zero-order valence-electron chi connectivity index (χ0n) is 10.5. The monoisotopic (exact) mass is 253 g/mol. The van der Waals surface area contributed by atoms with Crippen LogP contribution in [0.15, 0.2) is 29.2 Å². The summed E-state index contributed by atoms with van der Waals surface area (Å²) < 4.78 is 0. The second-order valence-corrected chi connectivity index (χ2v) is 5.44. The fraction of sp³-hybridized carbons (Fsp3) is 0.538. The molecule has 0 radical (unpaired) electrons. The predicted molar refractivity (Wildman–Crippen MR) is 69.8 cm³/mol. The lowest BCUT2D eigenvalue weighted by Gasteiger charge is -2.14. The van der Waals surface area contributed by atoms with Gasteiger partial charge in [0.15, 0.2) is 5.30 Å². The summed E-state index contributed by atoms with van der Waals surface area (Å²) in [5.74, 6) is 0.577. The summed E-state index contributed by atoms with van der Waals surface area (Å²) in [7, 11) is -1.99. The molecular weight excluding hydrogens is 233 g/mol. The van der Waals surface area contributed by atoms with E-state index in [9.17, 15) is 4.89 Å². The molecule has 2 unspecified atom stereocenters. The first-order valence-electron chi connectivity index (χ1n) is 6.15. The minimum absolute atomic E-state index is 0.577. The van der Waals surface area contributed by atoms with Gasteiger partial charge in [0.25, 0.3) is 0 Å². The summed E-state index contributed by atoms with van der Waals surface area (Å²) in [4.78, 5) is 14.1. The Kier molecular flexibility index (Phi) is 6.35. The van der Waals surface area contributed by atoms with E-state index in [2.05, 4.69) is 18.8 Å². The van der Waals surface area contributed by atoms with Gasteiger partial charge < -0.3 is 4.89 Å². The molecule has 1 aromatic carbocycles. The molecule has 0 aromatic heterocycles. The topological polar surface area (TPSA) is 55.7 Å². The molecule has 0 fully saturated rings. The van der Waals surface area contributed by atoms with Crippen molar-refractivity contribution < 1.29 is 10.1 Å². The lowest BCUT2D eigenvalue weighted by atomic mass is 9.91. The normalized spacial score (nSPS) is 13.8. The lowest BCUT2D eigenvalue weighted by Crippen LogP contribution is -2.06. The van der Waals surface area contributed by atoms with E-state index in [1.54, 1.807) is 12.1 Å². The number of rotatable bonds is 6. The zero-order valence-corrected chi connectivity index (χ0v) is 11.4. The third-order valence-electron chi connectivity index (χ3n) is 3.07. The average Bonchev–Trinajstić information content (AvgIpc) is 2.39. The molecule has 0 aliphatic carbocycles. The van der Waals surface area contributed by atoms with Gasteiger partial charge in [-0.05, 0) is 36.5 Å². The number of hydrogen-bond donors (Lipinski definition) is 1. The number of nitrogens with zero attached hydrogens (tertiary/aromatic N) is 1. The first-order valence-corrected chi connectivity index (χ1v) is 7.36. The van der Waals surface area contributed by atoms with Crippen LogP contribution in [0.1, 0.15) is 51.0 Å². The third kappa shape index (κ3) is 4.19. The molecular formula is C13H20NO2P. The quantitative estimate of drug-likeness (QED) is 0.624. The first-order chi connectivity index (χ1) is 8.22. The highest BCUT2D eigenvalue weighted by Gasteiger charge is 2.11. The highest BCUT2D eigenvalue weighted by Crippen LogP contribution is 2.25. The summed E-state index contributed by atoms with van der Waals surface area (Å²) in [5, 5.41) is 9.05. The van der Waals surface area contributed by atoms with Gasteiger partial charge in [-0.1, -0.05) is 38.8 Å². The van der Waals surface area contributed by atoms with E-state index in [1.165, 1.54) is 24.8 Å². The molecule has 1 N–H and O–H groups in total. The molecule has 17 heavy (non-hydrogen) atoms. The van der Waals surface area contributed by atoms with E-state index in [1.807, 2.05) is 12.1 Å². The fourth-order valence-corrected chi connectivity index (χ4v) is 2.49. The van der Waals surface area contributed by atoms with Crippen molar-refractivity contribution in [3.63, 3.8) is 0 Å². The number of benzene rings is 1. The van der Waals surface area contributed by atoms with Gasteiger partial charge in [-0.2, -0.15) is 0 Å². The van der Waals surface area contributed by atoms with Crippen LogP contribution in [-0.4, -0.2) is 5.21 Å². The Morgan fingerprint density at radius 1 is 1.29 bits per heavy atom. The van der Waals surface area contributed by atoms with Crippen molar-refractivity contribution in [1.82, 2.24) is 0 Å². The van der Waals surface area contributed by atoms with Crippen molar-refractivity contribution in [1.29, 1.82) is 0 Å². The van der Waals surface area contributed by atoms with E-state index in [-0.39, 0.29) is 0 Å². The van der Waals surface area contributed by atoms with E-state index in [0.717, 1.165) is 6.42 Å². The van der Waals surface area contributed by atoms with E-state index in [4.69, 9.17) is 5.21 Å². The van der Waals surface area contributed by atoms with Crippen LogP contribution in [0.25, 0.3) is 0 Å². The molecule has 0 spiro atoms. The molecule has 4 heteroatoms. The Bertz CT molecular complexity index is 362. The fourth-order valence-electron chi connectivity index (χ4n) is 1.98. The van der Waals surface area contributed by atoms with Gasteiger partial charge in [-0.15, -0.1) is 0 Å². The second-order valence-electron chi connectivity index (χ2n) is 4.20. The van der Waals surface area contributed by atoms with Crippen molar-refractivity contribution in [2.45, 2.75) is 45.4 Å². The highest BCUT2D eigenvalue weighted by atomic mass is 31.1. The van der Waals surface area contributed by atoms with Crippen LogP contribution in [0.4, 0.5) is 0 Å². The molecule has 1 rings (SSSR count). The van der Waals surface area contributed by atoms with E-state index >= 15 is 0 Å². The maximum absolute atomic E-state index is 11.3. The molecule has 2 atom stereocenters. The lowest BCUT2D eigenvalue weighted by molar-refractivity contribution is -0.154. The molecule has 0 aliphatic rings. The van der Waals surface area contributed by atoms with Gasteiger partial charge in [-0.25, -0.2) is 5.21 Å². The van der Waals surface area contributed by atoms with Crippen LogP contribution in [-0.2, 0) is 0 Å². The Hall–Kier alpha value is -0.760. The summed E-state index contributed by atoms with van der Waals surface area (Å²) >= 11 is 0. The Morgan fingerprint density at radius 2 is 1.94 bits per heavy atom. The highest BCUT2D eigenvalue weighted by molar-refractivity contribution is 7.48. The summed E-state index contributed by atoms with van der Waals surface area (Å²) in [5.41, 5.74) is 1.28. The van der Waals surface area contributed by atoms with Crippen molar-refractivity contribution in [2.75, 3.05) is 0 Å². The van der Waals surface area contributed by atoms with Crippen LogP contribution < -0.4 is 10.2 Å². The molecule has 94 valence electrons. The van der Waals surface area contributed by atoms with Crippen LogP contribution in [0, 0.1) is 0 Å². The van der Waals surface area contributed by atoms with Crippen LogP contribution in [0.3, 0.4) is 0 Å². The van der Waals surface area contributed by atoms with Crippen LogP contribution >= 0.6 is 7.94 Å². The maximum Gasteiger partial charge on any atom is 0.240 e. The number of hydrogen-bond acceptors (Lipinski definition) is 2. The minimum atomic E-state index is -1.99. The summed E-state index contributed by atoms with van der Waals surface area (Å²) in [6.45, 7) is 4.39. The Balaban J connectivity index is 2.77. The van der Waals surface area contributed by atoms with Crippen molar-refractivity contribution >= 4 is 13.2 Å². The van der Waals surface area contributed by atoms with Gasteiger partial charge in [0.05, 0.1) is 4.91 Å². The first kappa shape index (κ1) is 14.3. The predicted octanol–water partition coefficient (Wildman–Crippen LogP) is 3.33. The molecule has 0 bridgehead atoms. The van der Waals surface area contributed by atoms with Crippen LogP contribution in [0.5, 0.6) is 0 Å². The summed E-state index contributed by atoms with van der Waals surface area (Å²) in [6, 6.07) is 7.58. The largest absolute Gasteiger partial charge is 0.605 e. The minimum Gasteiger partial charge on any atom is -0.605 e. The second kappa shape index (κ2) is 7.54. The molecule has 0 amide bonds.